The summed E-state index contributed by atoms with van der Waals surface area (Å²) < 4.78 is 52.3. The molecule has 1 aromatic heterocycles. The van der Waals surface area contributed by atoms with Gasteiger partial charge in [-0.25, -0.2) is 17.6 Å². The SMILES string of the molecule is O=C(Cc1c(F)ccc(F)c1F)NCc1ccc(F)cn1. The Labute approximate surface area is 117 Å². The van der Waals surface area contributed by atoms with Gasteiger partial charge in [0.2, 0.25) is 5.91 Å². The number of carbonyl (C=O) groups excluding carboxylic acids is 1. The van der Waals surface area contributed by atoms with Crippen molar-refractivity contribution in [1.82, 2.24) is 10.3 Å². The van der Waals surface area contributed by atoms with Gasteiger partial charge < -0.3 is 5.32 Å². The molecule has 0 radical (unpaired) electrons. The highest BCUT2D eigenvalue weighted by molar-refractivity contribution is 5.78. The predicted octanol–water partition coefficient (Wildman–Crippen LogP) is 2.50. The average Bonchev–Trinajstić information content (AvgIpc) is 2.47. The van der Waals surface area contributed by atoms with Crippen molar-refractivity contribution in [3.63, 3.8) is 0 Å². The van der Waals surface area contributed by atoms with Gasteiger partial charge in [-0.3, -0.25) is 9.78 Å². The van der Waals surface area contributed by atoms with Crippen molar-refractivity contribution in [3.8, 4) is 0 Å². The van der Waals surface area contributed by atoms with Crippen molar-refractivity contribution in [1.29, 1.82) is 0 Å². The van der Waals surface area contributed by atoms with E-state index in [1.165, 1.54) is 12.1 Å². The van der Waals surface area contributed by atoms with Crippen LogP contribution in [0.25, 0.3) is 0 Å². The Morgan fingerprint density at radius 2 is 1.76 bits per heavy atom. The normalized spacial score (nSPS) is 10.5. The fraction of sp³-hybridized carbons (Fsp3) is 0.143. The van der Waals surface area contributed by atoms with Crippen LogP contribution >= 0.6 is 0 Å². The van der Waals surface area contributed by atoms with Crippen molar-refractivity contribution in [2.45, 2.75) is 13.0 Å². The molecule has 0 spiro atoms. The molecule has 0 fully saturated rings. The number of aromatic nitrogens is 1. The molecular weight excluding hydrogens is 288 g/mol. The average molecular weight is 298 g/mol. The summed E-state index contributed by atoms with van der Waals surface area (Å²) in [4.78, 5) is 15.3. The molecule has 7 heteroatoms. The third-order valence-corrected chi connectivity index (χ3v) is 2.73. The standard InChI is InChI=1S/C14H10F4N2O/c15-8-1-2-9(19-6-8)7-20-13(21)5-10-11(16)3-4-12(17)14(10)18/h1-4,6H,5,7H2,(H,20,21). The largest absolute Gasteiger partial charge is 0.350 e. The van der Waals surface area contributed by atoms with E-state index < -0.39 is 41.2 Å². The molecule has 21 heavy (non-hydrogen) atoms. The van der Waals surface area contributed by atoms with Gasteiger partial charge >= 0.3 is 0 Å². The van der Waals surface area contributed by atoms with Crippen LogP contribution in [0.1, 0.15) is 11.3 Å². The van der Waals surface area contributed by atoms with Gasteiger partial charge in [-0.2, -0.15) is 0 Å². The van der Waals surface area contributed by atoms with Gasteiger partial charge in [-0.05, 0) is 24.3 Å². The van der Waals surface area contributed by atoms with Crippen LogP contribution in [0.3, 0.4) is 0 Å². The Kier molecular flexibility index (Phi) is 4.52. The number of hydrogen-bond acceptors (Lipinski definition) is 2. The number of amides is 1. The zero-order valence-electron chi connectivity index (χ0n) is 10.7. The number of hydrogen-bond donors (Lipinski definition) is 1. The summed E-state index contributed by atoms with van der Waals surface area (Å²) >= 11 is 0. The van der Waals surface area contributed by atoms with Gasteiger partial charge in [0.15, 0.2) is 11.6 Å². The zero-order valence-corrected chi connectivity index (χ0v) is 10.7. The number of carbonyl (C=O) groups is 1. The molecule has 2 aromatic rings. The minimum Gasteiger partial charge on any atom is -0.350 e. The van der Waals surface area contributed by atoms with E-state index in [1.807, 2.05) is 0 Å². The number of rotatable bonds is 4. The highest BCUT2D eigenvalue weighted by Crippen LogP contribution is 2.16. The number of benzene rings is 1. The van der Waals surface area contributed by atoms with Gasteiger partial charge in [-0.1, -0.05) is 0 Å². The van der Waals surface area contributed by atoms with E-state index in [0.717, 1.165) is 12.3 Å². The first kappa shape index (κ1) is 15.0. The van der Waals surface area contributed by atoms with E-state index >= 15 is 0 Å². The summed E-state index contributed by atoms with van der Waals surface area (Å²) in [6, 6.07) is 3.93. The lowest BCUT2D eigenvalue weighted by atomic mass is 10.1. The second kappa shape index (κ2) is 6.34. The summed E-state index contributed by atoms with van der Waals surface area (Å²) in [6.07, 6.45) is 0.337. The van der Waals surface area contributed by atoms with Crippen LogP contribution in [-0.2, 0) is 17.8 Å². The first-order valence-electron chi connectivity index (χ1n) is 5.97. The Hall–Kier alpha value is -2.44. The van der Waals surface area contributed by atoms with E-state index in [0.29, 0.717) is 11.8 Å². The summed E-state index contributed by atoms with van der Waals surface area (Å²) in [5.74, 6) is -4.83. The van der Waals surface area contributed by atoms with Gasteiger partial charge in [0.05, 0.1) is 24.9 Å². The molecule has 3 nitrogen and oxygen atoms in total. The smallest absolute Gasteiger partial charge is 0.224 e. The van der Waals surface area contributed by atoms with Crippen molar-refractivity contribution < 1.29 is 22.4 Å². The molecule has 0 atom stereocenters. The van der Waals surface area contributed by atoms with Crippen LogP contribution in [0.15, 0.2) is 30.5 Å². The molecule has 0 unspecified atom stereocenters. The van der Waals surface area contributed by atoms with Gasteiger partial charge in [0.1, 0.15) is 11.6 Å². The van der Waals surface area contributed by atoms with Crippen LogP contribution in [0.4, 0.5) is 17.6 Å². The van der Waals surface area contributed by atoms with Crippen LogP contribution in [0, 0.1) is 23.3 Å². The second-order valence-electron chi connectivity index (χ2n) is 4.24. The Morgan fingerprint density at radius 1 is 1.05 bits per heavy atom. The van der Waals surface area contributed by atoms with E-state index in [-0.39, 0.29) is 6.54 Å². The van der Waals surface area contributed by atoms with Gasteiger partial charge in [0.25, 0.3) is 0 Å². The third kappa shape index (κ3) is 3.77. The summed E-state index contributed by atoms with van der Waals surface area (Å²) in [6.45, 7) is -0.0301. The van der Waals surface area contributed by atoms with E-state index in [9.17, 15) is 22.4 Å². The van der Waals surface area contributed by atoms with Crippen LogP contribution in [-0.4, -0.2) is 10.9 Å². The number of pyridine rings is 1. The number of nitrogens with one attached hydrogen (secondary N) is 1. The van der Waals surface area contributed by atoms with E-state index in [2.05, 4.69) is 10.3 Å². The van der Waals surface area contributed by atoms with Crippen molar-refractivity contribution >= 4 is 5.91 Å². The fourth-order valence-corrected chi connectivity index (χ4v) is 1.65. The minimum absolute atomic E-state index is 0.0301. The van der Waals surface area contributed by atoms with E-state index in [4.69, 9.17) is 0 Å². The predicted molar refractivity (Wildman–Crippen MR) is 66.1 cm³/mol. The van der Waals surface area contributed by atoms with Gasteiger partial charge in [0, 0.05) is 5.56 Å². The molecule has 1 heterocycles. The molecular formula is C14H10F4N2O. The first-order chi connectivity index (χ1) is 9.97. The summed E-state index contributed by atoms with van der Waals surface area (Å²) in [7, 11) is 0. The van der Waals surface area contributed by atoms with Gasteiger partial charge in [-0.15, -0.1) is 0 Å². The molecule has 0 saturated heterocycles. The Balaban J connectivity index is 1.99. The summed E-state index contributed by atoms with van der Waals surface area (Å²) in [5, 5.41) is 2.36. The lowest BCUT2D eigenvalue weighted by Gasteiger charge is -2.07. The lowest BCUT2D eigenvalue weighted by Crippen LogP contribution is -2.26. The molecule has 1 N–H and O–H groups in total. The third-order valence-electron chi connectivity index (χ3n) is 2.73. The number of halogens is 4. The zero-order chi connectivity index (χ0) is 15.4. The maximum atomic E-state index is 13.4. The molecule has 0 aliphatic rings. The lowest BCUT2D eigenvalue weighted by molar-refractivity contribution is -0.120. The highest BCUT2D eigenvalue weighted by atomic mass is 19.2. The minimum atomic E-state index is -1.38. The second-order valence-corrected chi connectivity index (χ2v) is 4.24. The number of nitrogens with zero attached hydrogens (tertiary/aromatic N) is 1. The maximum absolute atomic E-state index is 13.4. The first-order valence-corrected chi connectivity index (χ1v) is 5.97. The molecule has 110 valence electrons. The fourth-order valence-electron chi connectivity index (χ4n) is 1.65. The van der Waals surface area contributed by atoms with Crippen molar-refractivity contribution in [3.05, 3.63) is 65.0 Å². The van der Waals surface area contributed by atoms with E-state index in [1.54, 1.807) is 0 Å². The quantitative estimate of drug-likeness (QED) is 0.696. The maximum Gasteiger partial charge on any atom is 0.224 e. The monoisotopic (exact) mass is 298 g/mol. The summed E-state index contributed by atoms with van der Waals surface area (Å²) in [5.41, 5.74) is -0.260. The van der Waals surface area contributed by atoms with Crippen LogP contribution < -0.4 is 5.32 Å². The molecule has 0 saturated carbocycles. The van der Waals surface area contributed by atoms with Crippen LogP contribution in [0.2, 0.25) is 0 Å². The molecule has 0 aliphatic heterocycles. The molecule has 0 bridgehead atoms. The van der Waals surface area contributed by atoms with Crippen molar-refractivity contribution in [2.75, 3.05) is 0 Å². The molecule has 2 rings (SSSR count). The molecule has 1 aromatic carbocycles. The molecule has 1 amide bonds. The molecule has 0 aliphatic carbocycles. The van der Waals surface area contributed by atoms with Crippen molar-refractivity contribution in [2.24, 2.45) is 0 Å². The topological polar surface area (TPSA) is 42.0 Å². The Morgan fingerprint density at radius 3 is 2.43 bits per heavy atom. The Bertz CT molecular complexity index is 659. The van der Waals surface area contributed by atoms with Crippen LogP contribution in [0.5, 0.6) is 0 Å². The highest BCUT2D eigenvalue weighted by Gasteiger charge is 2.16.